The van der Waals surface area contributed by atoms with E-state index >= 15 is 0 Å². The number of carboxylic acids is 1. The van der Waals surface area contributed by atoms with Crippen LogP contribution < -0.4 is 0 Å². The molecule has 21 heavy (non-hydrogen) atoms. The van der Waals surface area contributed by atoms with Crippen LogP contribution in [0.3, 0.4) is 0 Å². The lowest BCUT2D eigenvalue weighted by atomic mass is 10.1. The van der Waals surface area contributed by atoms with Crippen LogP contribution in [0.4, 0.5) is 0 Å². The molecule has 5 nitrogen and oxygen atoms in total. The Morgan fingerprint density at radius 2 is 2.10 bits per heavy atom. The van der Waals surface area contributed by atoms with E-state index in [1.165, 1.54) is 6.20 Å². The molecule has 0 spiro atoms. The summed E-state index contributed by atoms with van der Waals surface area (Å²) in [7, 11) is 0. The fourth-order valence-electron chi connectivity index (χ4n) is 2.94. The molecular formula is C16H18N2O3. The summed E-state index contributed by atoms with van der Waals surface area (Å²) in [5.41, 5.74) is 3.95. The number of carboxylic acid groups (broad SMARTS) is 1. The fourth-order valence-corrected chi connectivity index (χ4v) is 2.94. The first kappa shape index (κ1) is 13.8. The van der Waals surface area contributed by atoms with Gasteiger partial charge in [-0.15, -0.1) is 0 Å². The predicted molar refractivity (Wildman–Crippen MR) is 77.9 cm³/mol. The van der Waals surface area contributed by atoms with Gasteiger partial charge in [0.2, 0.25) is 0 Å². The van der Waals surface area contributed by atoms with Crippen molar-refractivity contribution < 1.29 is 14.6 Å². The average Bonchev–Trinajstić information content (AvgIpc) is 3.06. The molecule has 1 saturated heterocycles. The van der Waals surface area contributed by atoms with Crippen molar-refractivity contribution in [3.8, 4) is 5.69 Å². The van der Waals surface area contributed by atoms with Crippen molar-refractivity contribution in [3.63, 3.8) is 0 Å². The predicted octanol–water partition coefficient (Wildman–Crippen LogP) is 3.04. The second kappa shape index (κ2) is 5.33. The van der Waals surface area contributed by atoms with Crippen LogP contribution in [-0.4, -0.2) is 27.5 Å². The second-order valence-electron chi connectivity index (χ2n) is 5.40. The minimum atomic E-state index is -0.960. The maximum absolute atomic E-state index is 11.5. The number of ether oxygens (including phenoxy) is 1. The third-order valence-corrected chi connectivity index (χ3v) is 3.92. The Hall–Kier alpha value is -2.14. The summed E-state index contributed by atoms with van der Waals surface area (Å²) >= 11 is 0. The molecule has 1 aromatic carbocycles. The number of hydrogen-bond donors (Lipinski definition) is 1. The van der Waals surface area contributed by atoms with Crippen molar-refractivity contribution in [3.05, 3.63) is 46.8 Å². The van der Waals surface area contributed by atoms with Gasteiger partial charge in [0.15, 0.2) is 0 Å². The van der Waals surface area contributed by atoms with E-state index in [0.29, 0.717) is 12.3 Å². The maximum Gasteiger partial charge on any atom is 0.339 e. The van der Waals surface area contributed by atoms with Gasteiger partial charge in [-0.3, -0.25) is 0 Å². The quantitative estimate of drug-likeness (QED) is 0.942. The van der Waals surface area contributed by atoms with Crippen LogP contribution in [0, 0.1) is 13.8 Å². The van der Waals surface area contributed by atoms with Gasteiger partial charge in [-0.05, 0) is 37.8 Å². The minimum absolute atomic E-state index is 0.197. The zero-order valence-corrected chi connectivity index (χ0v) is 12.2. The molecule has 0 amide bonds. The van der Waals surface area contributed by atoms with E-state index in [0.717, 1.165) is 29.7 Å². The van der Waals surface area contributed by atoms with Crippen LogP contribution in [0.25, 0.3) is 5.69 Å². The highest BCUT2D eigenvalue weighted by molar-refractivity contribution is 5.89. The zero-order valence-electron chi connectivity index (χ0n) is 12.2. The molecule has 110 valence electrons. The Bertz CT molecular complexity index is 665. The third-order valence-electron chi connectivity index (χ3n) is 3.92. The van der Waals surface area contributed by atoms with Crippen molar-refractivity contribution in [2.75, 3.05) is 6.61 Å². The lowest BCUT2D eigenvalue weighted by Gasteiger charge is -2.17. The van der Waals surface area contributed by atoms with E-state index in [2.05, 4.69) is 5.10 Å². The summed E-state index contributed by atoms with van der Waals surface area (Å²) in [5.74, 6) is -0.960. The maximum atomic E-state index is 11.5. The Labute approximate surface area is 123 Å². The van der Waals surface area contributed by atoms with Crippen molar-refractivity contribution >= 4 is 5.97 Å². The Balaban J connectivity index is 2.21. The third kappa shape index (κ3) is 2.34. The molecule has 1 fully saturated rings. The molecule has 1 atom stereocenters. The standard InChI is InChI=1S/C16H18N2O3/c1-10-5-3-6-11(2)14(10)18-15(13-7-4-8-21-13)12(9-17-18)16(19)20/h3,5-6,9,13H,4,7-8H2,1-2H3,(H,19,20). The van der Waals surface area contributed by atoms with Crippen LogP contribution >= 0.6 is 0 Å². The van der Waals surface area contributed by atoms with Crippen molar-refractivity contribution in [1.82, 2.24) is 9.78 Å². The van der Waals surface area contributed by atoms with E-state index in [1.807, 2.05) is 32.0 Å². The highest BCUT2D eigenvalue weighted by atomic mass is 16.5. The summed E-state index contributed by atoms with van der Waals surface area (Å²) in [6.07, 6.45) is 3.00. The van der Waals surface area contributed by atoms with Gasteiger partial charge >= 0.3 is 5.97 Å². The molecule has 1 aliphatic heterocycles. The molecule has 5 heteroatoms. The van der Waals surface area contributed by atoms with Crippen LogP contribution in [0.5, 0.6) is 0 Å². The molecule has 3 rings (SSSR count). The summed E-state index contributed by atoms with van der Waals surface area (Å²) < 4.78 is 7.45. The van der Waals surface area contributed by atoms with Gasteiger partial charge in [-0.25, -0.2) is 9.48 Å². The van der Waals surface area contributed by atoms with Crippen molar-refractivity contribution in [1.29, 1.82) is 0 Å². The second-order valence-corrected chi connectivity index (χ2v) is 5.40. The number of benzene rings is 1. The molecule has 1 aromatic heterocycles. The van der Waals surface area contributed by atoms with E-state index in [-0.39, 0.29) is 11.7 Å². The molecule has 0 radical (unpaired) electrons. The number of aromatic nitrogens is 2. The van der Waals surface area contributed by atoms with Gasteiger partial charge in [0.05, 0.1) is 17.6 Å². The van der Waals surface area contributed by atoms with Crippen LogP contribution in [0.15, 0.2) is 24.4 Å². The Kier molecular flexibility index (Phi) is 3.51. The molecular weight excluding hydrogens is 268 g/mol. The highest BCUT2D eigenvalue weighted by Gasteiger charge is 2.29. The van der Waals surface area contributed by atoms with E-state index in [1.54, 1.807) is 4.68 Å². The van der Waals surface area contributed by atoms with Gasteiger partial charge in [0.1, 0.15) is 11.7 Å². The highest BCUT2D eigenvalue weighted by Crippen LogP contribution is 2.33. The molecule has 1 N–H and O–H groups in total. The summed E-state index contributed by atoms with van der Waals surface area (Å²) in [5, 5.41) is 13.7. The van der Waals surface area contributed by atoms with E-state index in [9.17, 15) is 9.90 Å². The van der Waals surface area contributed by atoms with E-state index in [4.69, 9.17) is 4.74 Å². The first-order valence-electron chi connectivity index (χ1n) is 7.09. The minimum Gasteiger partial charge on any atom is -0.478 e. The van der Waals surface area contributed by atoms with Crippen molar-refractivity contribution in [2.45, 2.75) is 32.8 Å². The van der Waals surface area contributed by atoms with Crippen LogP contribution in [0.1, 0.15) is 46.1 Å². The van der Waals surface area contributed by atoms with Crippen LogP contribution in [0.2, 0.25) is 0 Å². The van der Waals surface area contributed by atoms with Crippen LogP contribution in [-0.2, 0) is 4.74 Å². The first-order chi connectivity index (χ1) is 10.1. The monoisotopic (exact) mass is 286 g/mol. The van der Waals surface area contributed by atoms with Gasteiger partial charge in [-0.2, -0.15) is 5.10 Å². The Morgan fingerprint density at radius 1 is 1.38 bits per heavy atom. The van der Waals surface area contributed by atoms with Gasteiger partial charge in [0, 0.05) is 6.61 Å². The number of hydrogen-bond acceptors (Lipinski definition) is 3. The fraction of sp³-hybridized carbons (Fsp3) is 0.375. The topological polar surface area (TPSA) is 64.4 Å². The largest absolute Gasteiger partial charge is 0.478 e. The van der Waals surface area contributed by atoms with Gasteiger partial charge in [-0.1, -0.05) is 18.2 Å². The SMILES string of the molecule is Cc1cccc(C)c1-n1ncc(C(=O)O)c1C1CCCO1. The Morgan fingerprint density at radius 3 is 2.67 bits per heavy atom. The number of rotatable bonds is 3. The summed E-state index contributed by atoms with van der Waals surface area (Å²) in [6, 6.07) is 6.00. The normalized spacial score (nSPS) is 18.1. The first-order valence-corrected chi connectivity index (χ1v) is 7.09. The lowest BCUT2D eigenvalue weighted by Crippen LogP contribution is -2.13. The smallest absolute Gasteiger partial charge is 0.339 e. The summed E-state index contributed by atoms with van der Waals surface area (Å²) in [4.78, 5) is 11.5. The lowest BCUT2D eigenvalue weighted by molar-refractivity contribution is 0.0679. The summed E-state index contributed by atoms with van der Waals surface area (Å²) in [6.45, 7) is 4.68. The number of carbonyl (C=O) groups is 1. The van der Waals surface area contributed by atoms with E-state index < -0.39 is 5.97 Å². The molecule has 1 unspecified atom stereocenters. The van der Waals surface area contributed by atoms with Gasteiger partial charge < -0.3 is 9.84 Å². The molecule has 2 heterocycles. The number of aryl methyl sites for hydroxylation is 2. The average molecular weight is 286 g/mol. The number of nitrogens with zero attached hydrogens (tertiary/aromatic N) is 2. The zero-order chi connectivity index (χ0) is 15.0. The van der Waals surface area contributed by atoms with Crippen molar-refractivity contribution in [2.24, 2.45) is 0 Å². The van der Waals surface area contributed by atoms with Gasteiger partial charge in [0.25, 0.3) is 0 Å². The number of para-hydroxylation sites is 1. The molecule has 0 bridgehead atoms. The molecule has 2 aromatic rings. The molecule has 1 aliphatic rings. The number of aromatic carboxylic acids is 1. The molecule has 0 saturated carbocycles. The molecule has 0 aliphatic carbocycles.